The molecule has 1 fully saturated rings. The summed E-state index contributed by atoms with van der Waals surface area (Å²) in [6, 6.07) is 14.4. The van der Waals surface area contributed by atoms with Gasteiger partial charge in [-0.3, -0.25) is 19.9 Å². The molecule has 0 spiro atoms. The van der Waals surface area contributed by atoms with E-state index in [4.69, 9.17) is 0 Å². The molecular formula is C20H24IN5O3. The highest BCUT2D eigenvalue weighted by Gasteiger charge is 2.21. The maximum atomic E-state index is 11.8. The fourth-order valence-electron chi connectivity index (χ4n) is 3.09. The molecule has 0 aromatic heterocycles. The first-order chi connectivity index (χ1) is 13.6. The van der Waals surface area contributed by atoms with Crippen molar-refractivity contribution in [1.82, 2.24) is 10.6 Å². The van der Waals surface area contributed by atoms with Gasteiger partial charge in [0.1, 0.15) is 0 Å². The lowest BCUT2D eigenvalue weighted by molar-refractivity contribution is -0.384. The SMILES string of the molecule is CN=C(NCc1ccc(N2CCCC2=O)cc1)NCc1cccc([N+](=O)[O-])c1.I. The minimum Gasteiger partial charge on any atom is -0.352 e. The summed E-state index contributed by atoms with van der Waals surface area (Å²) in [6.45, 7) is 1.78. The van der Waals surface area contributed by atoms with Crippen LogP contribution in [-0.4, -0.2) is 30.4 Å². The van der Waals surface area contributed by atoms with E-state index in [0.29, 0.717) is 25.5 Å². The fourth-order valence-corrected chi connectivity index (χ4v) is 3.09. The van der Waals surface area contributed by atoms with E-state index in [-0.39, 0.29) is 35.6 Å². The van der Waals surface area contributed by atoms with E-state index in [1.54, 1.807) is 19.2 Å². The zero-order valence-corrected chi connectivity index (χ0v) is 18.5. The van der Waals surface area contributed by atoms with Gasteiger partial charge in [0.25, 0.3) is 5.69 Å². The number of hydrogen-bond acceptors (Lipinski definition) is 4. The smallest absolute Gasteiger partial charge is 0.269 e. The van der Waals surface area contributed by atoms with Crippen LogP contribution in [0.2, 0.25) is 0 Å². The topological polar surface area (TPSA) is 99.9 Å². The Balaban J connectivity index is 0.00000300. The Labute approximate surface area is 186 Å². The summed E-state index contributed by atoms with van der Waals surface area (Å²) in [5, 5.41) is 17.2. The predicted octanol–water partition coefficient (Wildman–Crippen LogP) is 3.20. The molecule has 1 aliphatic heterocycles. The Morgan fingerprint density at radius 2 is 1.83 bits per heavy atom. The van der Waals surface area contributed by atoms with Gasteiger partial charge in [-0.15, -0.1) is 24.0 Å². The van der Waals surface area contributed by atoms with Crippen molar-refractivity contribution in [3.05, 3.63) is 69.8 Å². The third-order valence-corrected chi connectivity index (χ3v) is 4.59. The van der Waals surface area contributed by atoms with E-state index in [2.05, 4.69) is 15.6 Å². The molecule has 2 aromatic carbocycles. The molecule has 8 nitrogen and oxygen atoms in total. The normalized spacial score (nSPS) is 13.8. The number of amides is 1. The first kappa shape index (κ1) is 22.6. The van der Waals surface area contributed by atoms with Crippen molar-refractivity contribution in [2.45, 2.75) is 25.9 Å². The largest absolute Gasteiger partial charge is 0.352 e. The number of nitro groups is 1. The van der Waals surface area contributed by atoms with Crippen LogP contribution in [-0.2, 0) is 17.9 Å². The minimum atomic E-state index is -0.407. The minimum absolute atomic E-state index is 0. The summed E-state index contributed by atoms with van der Waals surface area (Å²) >= 11 is 0. The van der Waals surface area contributed by atoms with Crippen LogP contribution in [0.25, 0.3) is 0 Å². The number of anilines is 1. The van der Waals surface area contributed by atoms with Crippen LogP contribution in [0, 0.1) is 10.1 Å². The van der Waals surface area contributed by atoms with Crippen LogP contribution >= 0.6 is 24.0 Å². The van der Waals surface area contributed by atoms with Gasteiger partial charge in [0.2, 0.25) is 5.91 Å². The summed E-state index contributed by atoms with van der Waals surface area (Å²) in [4.78, 5) is 28.3. The van der Waals surface area contributed by atoms with Crippen LogP contribution in [0.1, 0.15) is 24.0 Å². The maximum Gasteiger partial charge on any atom is 0.269 e. The third kappa shape index (κ3) is 6.14. The molecule has 2 aromatic rings. The molecule has 0 aliphatic carbocycles. The van der Waals surface area contributed by atoms with E-state index in [1.807, 2.05) is 35.2 Å². The van der Waals surface area contributed by atoms with E-state index in [1.165, 1.54) is 6.07 Å². The van der Waals surface area contributed by atoms with Gasteiger partial charge in [-0.25, -0.2) is 0 Å². The van der Waals surface area contributed by atoms with Crippen LogP contribution in [0.5, 0.6) is 0 Å². The highest BCUT2D eigenvalue weighted by Crippen LogP contribution is 2.21. The number of rotatable bonds is 6. The van der Waals surface area contributed by atoms with Crippen LogP contribution in [0.4, 0.5) is 11.4 Å². The molecule has 1 aliphatic rings. The van der Waals surface area contributed by atoms with Crippen molar-refractivity contribution >= 4 is 47.2 Å². The number of nitrogens with zero attached hydrogens (tertiary/aromatic N) is 3. The highest BCUT2D eigenvalue weighted by molar-refractivity contribution is 14.0. The molecule has 0 unspecified atom stereocenters. The van der Waals surface area contributed by atoms with Gasteiger partial charge in [-0.2, -0.15) is 0 Å². The molecular weight excluding hydrogens is 485 g/mol. The first-order valence-corrected chi connectivity index (χ1v) is 9.14. The average Bonchev–Trinajstić information content (AvgIpc) is 3.14. The first-order valence-electron chi connectivity index (χ1n) is 9.14. The van der Waals surface area contributed by atoms with Crippen LogP contribution in [0.3, 0.4) is 0 Å². The molecule has 0 bridgehead atoms. The Morgan fingerprint density at radius 3 is 2.41 bits per heavy atom. The standard InChI is InChI=1S/C20H23N5O3.HI/c1-21-20(23-14-16-4-2-5-18(12-16)25(27)28)22-13-15-7-9-17(10-8-15)24-11-3-6-19(24)26;/h2,4-5,7-10,12H,3,6,11,13-14H2,1H3,(H2,21,22,23);1H. The summed E-state index contributed by atoms with van der Waals surface area (Å²) in [5.41, 5.74) is 2.86. The zero-order valence-electron chi connectivity index (χ0n) is 16.1. The third-order valence-electron chi connectivity index (χ3n) is 4.59. The summed E-state index contributed by atoms with van der Waals surface area (Å²) in [5.74, 6) is 0.780. The molecule has 0 saturated carbocycles. The number of aliphatic imine (C=N–C) groups is 1. The Hall–Kier alpha value is -2.69. The second-order valence-electron chi connectivity index (χ2n) is 6.52. The number of carbonyl (C=O) groups excluding carboxylic acids is 1. The van der Waals surface area contributed by atoms with Gasteiger partial charge in [0.05, 0.1) is 4.92 Å². The van der Waals surface area contributed by atoms with Gasteiger partial charge < -0.3 is 15.5 Å². The number of nitro benzene ring substituents is 1. The molecule has 0 atom stereocenters. The Bertz CT molecular complexity index is 886. The van der Waals surface area contributed by atoms with E-state index >= 15 is 0 Å². The second kappa shape index (κ2) is 10.7. The fraction of sp³-hybridized carbons (Fsp3) is 0.300. The van der Waals surface area contributed by atoms with Gasteiger partial charge in [0.15, 0.2) is 5.96 Å². The maximum absolute atomic E-state index is 11.8. The number of guanidine groups is 1. The molecule has 154 valence electrons. The van der Waals surface area contributed by atoms with Crippen molar-refractivity contribution < 1.29 is 9.72 Å². The van der Waals surface area contributed by atoms with E-state index in [9.17, 15) is 14.9 Å². The molecule has 0 radical (unpaired) electrons. The zero-order chi connectivity index (χ0) is 19.9. The lowest BCUT2D eigenvalue weighted by atomic mass is 10.2. The van der Waals surface area contributed by atoms with Crippen molar-refractivity contribution in [3.63, 3.8) is 0 Å². The number of benzene rings is 2. The van der Waals surface area contributed by atoms with Crippen LogP contribution in [0.15, 0.2) is 53.5 Å². The molecule has 1 heterocycles. The van der Waals surface area contributed by atoms with Crippen LogP contribution < -0.4 is 15.5 Å². The molecule has 1 amide bonds. The molecule has 2 N–H and O–H groups in total. The van der Waals surface area contributed by atoms with Gasteiger partial charge in [-0.05, 0) is 29.7 Å². The lowest BCUT2D eigenvalue weighted by Crippen LogP contribution is -2.36. The summed E-state index contributed by atoms with van der Waals surface area (Å²) in [7, 11) is 1.67. The Morgan fingerprint density at radius 1 is 1.14 bits per heavy atom. The number of hydrogen-bond donors (Lipinski definition) is 2. The molecule has 9 heteroatoms. The Kier molecular flexibility index (Phi) is 8.37. The quantitative estimate of drug-likeness (QED) is 0.205. The van der Waals surface area contributed by atoms with E-state index in [0.717, 1.165) is 29.8 Å². The van der Waals surface area contributed by atoms with Crippen molar-refractivity contribution in [1.29, 1.82) is 0 Å². The number of nitrogens with one attached hydrogen (secondary N) is 2. The monoisotopic (exact) mass is 509 g/mol. The number of non-ortho nitro benzene ring substituents is 1. The molecule has 29 heavy (non-hydrogen) atoms. The summed E-state index contributed by atoms with van der Waals surface area (Å²) < 4.78 is 0. The predicted molar refractivity (Wildman–Crippen MR) is 124 cm³/mol. The van der Waals surface area contributed by atoms with Gasteiger partial charge >= 0.3 is 0 Å². The van der Waals surface area contributed by atoms with Crippen molar-refractivity contribution in [2.75, 3.05) is 18.5 Å². The lowest BCUT2D eigenvalue weighted by Gasteiger charge is -2.16. The van der Waals surface area contributed by atoms with E-state index < -0.39 is 4.92 Å². The average molecular weight is 509 g/mol. The van der Waals surface area contributed by atoms with Gasteiger partial charge in [-0.1, -0.05) is 24.3 Å². The summed E-state index contributed by atoms with van der Waals surface area (Å²) in [6.07, 6.45) is 1.53. The second-order valence-corrected chi connectivity index (χ2v) is 6.52. The van der Waals surface area contributed by atoms with Crippen molar-refractivity contribution in [2.24, 2.45) is 4.99 Å². The highest BCUT2D eigenvalue weighted by atomic mass is 127. The van der Waals surface area contributed by atoms with Crippen molar-refractivity contribution in [3.8, 4) is 0 Å². The molecule has 3 rings (SSSR count). The molecule has 1 saturated heterocycles. The number of carbonyl (C=O) groups is 1. The number of halogens is 1. The van der Waals surface area contributed by atoms with Gasteiger partial charge in [0, 0.05) is 50.9 Å².